The summed E-state index contributed by atoms with van der Waals surface area (Å²) in [5, 5.41) is 16.4. The Balaban J connectivity index is 1.66. The van der Waals surface area contributed by atoms with Crippen molar-refractivity contribution < 1.29 is 4.52 Å². The van der Waals surface area contributed by atoms with Gasteiger partial charge < -0.3 is 4.52 Å². The Bertz CT molecular complexity index is 506. The van der Waals surface area contributed by atoms with Gasteiger partial charge in [-0.25, -0.2) is 0 Å². The van der Waals surface area contributed by atoms with E-state index in [1.807, 2.05) is 13.8 Å². The van der Waals surface area contributed by atoms with E-state index in [0.29, 0.717) is 5.92 Å². The molecule has 90 valence electrons. The monoisotopic (exact) mass is 233 g/mol. The average Bonchev–Trinajstić information content (AvgIpc) is 2.98. The standard InChI is InChI=1S/C11H15N5O/c1-7-10(8(2)17-14-7)5-6-16-13-11(12-15-16)9-3-4-9/h9H,3-6H2,1-2H3. The lowest BCUT2D eigenvalue weighted by Crippen LogP contribution is -2.06. The van der Waals surface area contributed by atoms with E-state index in [9.17, 15) is 0 Å². The summed E-state index contributed by atoms with van der Waals surface area (Å²) in [6.07, 6.45) is 3.24. The third-order valence-electron chi connectivity index (χ3n) is 3.15. The van der Waals surface area contributed by atoms with Crippen LogP contribution in [0.25, 0.3) is 0 Å². The fourth-order valence-electron chi connectivity index (χ4n) is 1.93. The lowest BCUT2D eigenvalue weighted by molar-refractivity contribution is 0.391. The zero-order valence-corrected chi connectivity index (χ0v) is 10.1. The average molecular weight is 233 g/mol. The van der Waals surface area contributed by atoms with E-state index in [0.717, 1.165) is 35.8 Å². The van der Waals surface area contributed by atoms with E-state index in [1.165, 1.54) is 12.8 Å². The number of hydrogen-bond acceptors (Lipinski definition) is 5. The van der Waals surface area contributed by atoms with Crippen LogP contribution < -0.4 is 0 Å². The van der Waals surface area contributed by atoms with Crippen molar-refractivity contribution >= 4 is 0 Å². The van der Waals surface area contributed by atoms with Gasteiger partial charge in [-0.2, -0.15) is 4.80 Å². The van der Waals surface area contributed by atoms with Gasteiger partial charge in [-0.15, -0.1) is 10.2 Å². The van der Waals surface area contributed by atoms with E-state index < -0.39 is 0 Å². The number of rotatable bonds is 4. The smallest absolute Gasteiger partial charge is 0.177 e. The summed E-state index contributed by atoms with van der Waals surface area (Å²) in [7, 11) is 0. The van der Waals surface area contributed by atoms with Gasteiger partial charge in [0.2, 0.25) is 0 Å². The predicted octanol–water partition coefficient (Wildman–Crippen LogP) is 1.40. The number of nitrogens with zero attached hydrogens (tertiary/aromatic N) is 5. The number of aromatic nitrogens is 5. The second-order valence-electron chi connectivity index (χ2n) is 4.57. The molecule has 2 aromatic heterocycles. The van der Waals surface area contributed by atoms with Crippen LogP contribution in [-0.2, 0) is 13.0 Å². The molecule has 1 fully saturated rings. The summed E-state index contributed by atoms with van der Waals surface area (Å²) in [6, 6.07) is 0. The van der Waals surface area contributed by atoms with Crippen LogP contribution in [-0.4, -0.2) is 25.4 Å². The van der Waals surface area contributed by atoms with Gasteiger partial charge in [-0.1, -0.05) is 5.16 Å². The van der Waals surface area contributed by atoms with Crippen LogP contribution in [0.4, 0.5) is 0 Å². The summed E-state index contributed by atoms with van der Waals surface area (Å²) in [5.74, 6) is 2.33. The summed E-state index contributed by atoms with van der Waals surface area (Å²) in [6.45, 7) is 4.61. The summed E-state index contributed by atoms with van der Waals surface area (Å²) in [4.78, 5) is 1.67. The number of hydrogen-bond donors (Lipinski definition) is 0. The molecule has 6 nitrogen and oxygen atoms in total. The highest BCUT2D eigenvalue weighted by Crippen LogP contribution is 2.37. The third-order valence-corrected chi connectivity index (χ3v) is 3.15. The van der Waals surface area contributed by atoms with Crippen molar-refractivity contribution in [1.29, 1.82) is 0 Å². The topological polar surface area (TPSA) is 69.6 Å². The highest BCUT2D eigenvalue weighted by atomic mass is 16.5. The molecule has 0 radical (unpaired) electrons. The Morgan fingerprint density at radius 2 is 2.18 bits per heavy atom. The van der Waals surface area contributed by atoms with Crippen LogP contribution >= 0.6 is 0 Å². The lowest BCUT2D eigenvalue weighted by Gasteiger charge is -1.98. The highest BCUT2D eigenvalue weighted by molar-refractivity contribution is 5.20. The van der Waals surface area contributed by atoms with Crippen molar-refractivity contribution in [3.63, 3.8) is 0 Å². The van der Waals surface area contributed by atoms with Gasteiger partial charge in [0.25, 0.3) is 0 Å². The Morgan fingerprint density at radius 1 is 1.35 bits per heavy atom. The maximum Gasteiger partial charge on any atom is 0.177 e. The molecule has 2 aromatic rings. The molecule has 0 saturated heterocycles. The third kappa shape index (κ3) is 2.07. The SMILES string of the molecule is Cc1noc(C)c1CCn1nnc(C2CC2)n1. The lowest BCUT2D eigenvalue weighted by atomic mass is 10.1. The largest absolute Gasteiger partial charge is 0.361 e. The summed E-state index contributed by atoms with van der Waals surface area (Å²) >= 11 is 0. The van der Waals surface area contributed by atoms with Crippen LogP contribution in [0.15, 0.2) is 4.52 Å². The summed E-state index contributed by atoms with van der Waals surface area (Å²) in [5.41, 5.74) is 2.10. The molecule has 6 heteroatoms. The molecule has 0 atom stereocenters. The Labute approximate surface area is 99.0 Å². The first-order valence-corrected chi connectivity index (χ1v) is 5.93. The summed E-state index contributed by atoms with van der Waals surface area (Å²) < 4.78 is 5.12. The molecule has 3 rings (SSSR count). The first kappa shape index (κ1) is 10.4. The van der Waals surface area contributed by atoms with Crippen LogP contribution in [0.3, 0.4) is 0 Å². The van der Waals surface area contributed by atoms with Gasteiger partial charge in [0.1, 0.15) is 5.76 Å². The van der Waals surface area contributed by atoms with Crippen molar-refractivity contribution in [2.75, 3.05) is 0 Å². The molecule has 2 heterocycles. The molecule has 1 aliphatic carbocycles. The van der Waals surface area contributed by atoms with Gasteiger partial charge in [0.15, 0.2) is 5.82 Å². The molecule has 0 amide bonds. The first-order chi connectivity index (χ1) is 8.24. The predicted molar refractivity (Wildman–Crippen MR) is 59.5 cm³/mol. The molecular formula is C11H15N5O. The van der Waals surface area contributed by atoms with Crippen molar-refractivity contribution in [3.8, 4) is 0 Å². The van der Waals surface area contributed by atoms with Crippen LogP contribution in [0.1, 0.15) is 41.6 Å². The van der Waals surface area contributed by atoms with E-state index in [2.05, 4.69) is 20.6 Å². The maximum absolute atomic E-state index is 5.12. The van der Waals surface area contributed by atoms with Crippen LogP contribution in [0.2, 0.25) is 0 Å². The van der Waals surface area contributed by atoms with Crippen molar-refractivity contribution in [1.82, 2.24) is 25.4 Å². The molecule has 1 saturated carbocycles. The highest BCUT2D eigenvalue weighted by Gasteiger charge is 2.28. The second-order valence-corrected chi connectivity index (χ2v) is 4.57. The van der Waals surface area contributed by atoms with Gasteiger partial charge >= 0.3 is 0 Å². The molecule has 0 aromatic carbocycles. The number of aryl methyl sites for hydroxylation is 3. The molecule has 0 spiro atoms. The van der Waals surface area contributed by atoms with Gasteiger partial charge in [0.05, 0.1) is 12.2 Å². The normalized spacial score (nSPS) is 15.4. The van der Waals surface area contributed by atoms with Crippen molar-refractivity contribution in [3.05, 3.63) is 22.8 Å². The number of tetrazole rings is 1. The first-order valence-electron chi connectivity index (χ1n) is 5.93. The van der Waals surface area contributed by atoms with Gasteiger partial charge in [-0.3, -0.25) is 0 Å². The van der Waals surface area contributed by atoms with Gasteiger partial charge in [0, 0.05) is 11.5 Å². The van der Waals surface area contributed by atoms with Crippen molar-refractivity contribution in [2.45, 2.75) is 45.6 Å². The quantitative estimate of drug-likeness (QED) is 0.798. The fraction of sp³-hybridized carbons (Fsp3) is 0.636. The fourth-order valence-corrected chi connectivity index (χ4v) is 1.93. The van der Waals surface area contributed by atoms with E-state index in [4.69, 9.17) is 4.52 Å². The Morgan fingerprint density at radius 3 is 2.82 bits per heavy atom. The molecule has 17 heavy (non-hydrogen) atoms. The van der Waals surface area contributed by atoms with Crippen LogP contribution in [0.5, 0.6) is 0 Å². The molecular weight excluding hydrogens is 218 g/mol. The maximum atomic E-state index is 5.12. The minimum atomic E-state index is 0.558. The molecule has 0 aliphatic heterocycles. The molecule has 0 N–H and O–H groups in total. The molecule has 0 bridgehead atoms. The van der Waals surface area contributed by atoms with Crippen LogP contribution in [0, 0.1) is 13.8 Å². The van der Waals surface area contributed by atoms with E-state index >= 15 is 0 Å². The van der Waals surface area contributed by atoms with Crippen molar-refractivity contribution in [2.24, 2.45) is 0 Å². The zero-order valence-electron chi connectivity index (χ0n) is 10.1. The van der Waals surface area contributed by atoms with Gasteiger partial charge in [-0.05, 0) is 38.3 Å². The molecule has 1 aliphatic rings. The minimum absolute atomic E-state index is 0.558. The Hall–Kier alpha value is -1.72. The molecule has 0 unspecified atom stereocenters. The minimum Gasteiger partial charge on any atom is -0.361 e. The Kier molecular flexibility index (Phi) is 2.42. The second kappa shape index (κ2) is 3.94. The van der Waals surface area contributed by atoms with E-state index in [-0.39, 0.29) is 0 Å². The van der Waals surface area contributed by atoms with E-state index in [1.54, 1.807) is 4.80 Å². The zero-order chi connectivity index (χ0) is 11.8.